The van der Waals surface area contributed by atoms with Gasteiger partial charge in [-0.2, -0.15) is 0 Å². The quantitative estimate of drug-likeness (QED) is 0.875. The van der Waals surface area contributed by atoms with Crippen LogP contribution in [0.25, 0.3) is 10.9 Å². The number of carboxylic acid groups (broad SMARTS) is 1. The Morgan fingerprint density at radius 1 is 1.53 bits per heavy atom. The summed E-state index contributed by atoms with van der Waals surface area (Å²) < 4.78 is 2.53. The van der Waals surface area contributed by atoms with Gasteiger partial charge in [-0.1, -0.05) is 27.5 Å². The second-order valence-electron chi connectivity index (χ2n) is 3.24. The molecule has 3 nitrogen and oxygen atoms in total. The third-order valence-corrected chi connectivity index (χ3v) is 2.98. The van der Waals surface area contributed by atoms with Gasteiger partial charge in [0.2, 0.25) is 0 Å². The summed E-state index contributed by atoms with van der Waals surface area (Å²) in [6.07, 6.45) is 1.70. The Bertz CT molecular complexity index is 562. The minimum atomic E-state index is -0.977. The number of benzene rings is 1. The summed E-state index contributed by atoms with van der Waals surface area (Å²) in [5.41, 5.74) is 1.01. The first-order valence-electron chi connectivity index (χ1n) is 4.18. The summed E-state index contributed by atoms with van der Waals surface area (Å²) in [6.45, 7) is 0. The summed E-state index contributed by atoms with van der Waals surface area (Å²) in [7, 11) is 1.83. The van der Waals surface area contributed by atoms with Crippen molar-refractivity contribution in [3.8, 4) is 0 Å². The van der Waals surface area contributed by atoms with Crippen LogP contribution in [0, 0.1) is 0 Å². The molecule has 0 radical (unpaired) electrons. The van der Waals surface area contributed by atoms with E-state index in [-0.39, 0.29) is 5.56 Å². The molecule has 1 aromatic heterocycles. The number of rotatable bonds is 1. The smallest absolute Gasteiger partial charge is 0.336 e. The van der Waals surface area contributed by atoms with Gasteiger partial charge in [-0.05, 0) is 12.1 Å². The van der Waals surface area contributed by atoms with E-state index in [1.165, 1.54) is 0 Å². The molecule has 5 heteroatoms. The average molecular weight is 289 g/mol. The van der Waals surface area contributed by atoms with E-state index in [1.54, 1.807) is 16.8 Å². The molecule has 0 bridgehead atoms. The number of aryl methyl sites for hydroxylation is 1. The third kappa shape index (κ3) is 1.64. The lowest BCUT2D eigenvalue weighted by Gasteiger charge is -2.01. The molecule has 78 valence electrons. The lowest BCUT2D eigenvalue weighted by Crippen LogP contribution is -1.97. The Balaban J connectivity index is 2.96. The first kappa shape index (κ1) is 10.5. The van der Waals surface area contributed by atoms with Crippen LogP contribution >= 0.6 is 27.5 Å². The van der Waals surface area contributed by atoms with Gasteiger partial charge >= 0.3 is 5.97 Å². The second-order valence-corrected chi connectivity index (χ2v) is 4.56. The zero-order chi connectivity index (χ0) is 11.2. The molecule has 0 aliphatic heterocycles. The molecular weight excluding hydrogens is 281 g/mol. The van der Waals surface area contributed by atoms with Gasteiger partial charge in [-0.3, -0.25) is 0 Å². The van der Waals surface area contributed by atoms with E-state index in [4.69, 9.17) is 16.7 Å². The summed E-state index contributed by atoms with van der Waals surface area (Å²) in [5.74, 6) is -0.977. The van der Waals surface area contributed by atoms with Crippen LogP contribution in [-0.2, 0) is 7.05 Å². The Morgan fingerprint density at radius 2 is 2.20 bits per heavy atom. The van der Waals surface area contributed by atoms with Crippen LogP contribution in [0.1, 0.15) is 10.4 Å². The maximum atomic E-state index is 11.0. The van der Waals surface area contributed by atoms with Crippen molar-refractivity contribution in [3.05, 3.63) is 33.4 Å². The van der Waals surface area contributed by atoms with Crippen LogP contribution < -0.4 is 0 Å². The Labute approximate surface area is 99.4 Å². The van der Waals surface area contributed by atoms with Crippen molar-refractivity contribution in [2.45, 2.75) is 0 Å². The fourth-order valence-electron chi connectivity index (χ4n) is 1.59. The topological polar surface area (TPSA) is 42.2 Å². The van der Waals surface area contributed by atoms with Crippen LogP contribution in [0.15, 0.2) is 22.8 Å². The minimum absolute atomic E-state index is 0.213. The van der Waals surface area contributed by atoms with E-state index in [0.717, 1.165) is 9.99 Å². The molecule has 0 aliphatic rings. The van der Waals surface area contributed by atoms with Gasteiger partial charge in [0, 0.05) is 23.1 Å². The number of hydrogen-bond donors (Lipinski definition) is 1. The summed E-state index contributed by atoms with van der Waals surface area (Å²) in [6, 6.07) is 3.39. The second kappa shape index (κ2) is 3.54. The van der Waals surface area contributed by atoms with E-state index in [0.29, 0.717) is 10.4 Å². The molecule has 0 saturated heterocycles. The fourth-order valence-corrected chi connectivity index (χ4v) is 2.39. The summed E-state index contributed by atoms with van der Waals surface area (Å²) >= 11 is 9.26. The molecule has 2 rings (SSSR count). The lowest BCUT2D eigenvalue weighted by atomic mass is 10.1. The first-order chi connectivity index (χ1) is 7.00. The summed E-state index contributed by atoms with van der Waals surface area (Å²) in [5, 5.41) is 10.1. The van der Waals surface area contributed by atoms with Crippen molar-refractivity contribution in [1.82, 2.24) is 4.57 Å². The highest BCUT2D eigenvalue weighted by Gasteiger charge is 2.15. The van der Waals surface area contributed by atoms with E-state index in [1.807, 2.05) is 13.1 Å². The molecule has 0 amide bonds. The SMILES string of the molecule is Cn1cc(Cl)c2c(C(=O)O)cc(Br)cc21. The number of carbonyl (C=O) groups is 1. The molecule has 0 saturated carbocycles. The van der Waals surface area contributed by atoms with Gasteiger partial charge in [0.05, 0.1) is 16.1 Å². The normalized spacial score (nSPS) is 10.9. The minimum Gasteiger partial charge on any atom is -0.478 e. The van der Waals surface area contributed by atoms with Crippen molar-refractivity contribution in [1.29, 1.82) is 0 Å². The van der Waals surface area contributed by atoms with Crippen LogP contribution in [-0.4, -0.2) is 15.6 Å². The van der Waals surface area contributed by atoms with Crippen LogP contribution in [0.4, 0.5) is 0 Å². The predicted molar refractivity (Wildman–Crippen MR) is 62.6 cm³/mol. The zero-order valence-electron chi connectivity index (χ0n) is 7.79. The van der Waals surface area contributed by atoms with E-state index in [2.05, 4.69) is 15.9 Å². The molecule has 0 fully saturated rings. The van der Waals surface area contributed by atoms with Crippen LogP contribution in [0.2, 0.25) is 5.02 Å². The number of nitrogens with zero attached hydrogens (tertiary/aromatic N) is 1. The Hall–Kier alpha value is -1.000. The maximum Gasteiger partial charge on any atom is 0.336 e. The van der Waals surface area contributed by atoms with E-state index >= 15 is 0 Å². The van der Waals surface area contributed by atoms with E-state index in [9.17, 15) is 4.79 Å². The molecule has 0 aliphatic carbocycles. The Kier molecular flexibility index (Phi) is 2.48. The number of aromatic nitrogens is 1. The highest BCUT2D eigenvalue weighted by Crippen LogP contribution is 2.31. The van der Waals surface area contributed by atoms with Crippen LogP contribution in [0.5, 0.6) is 0 Å². The van der Waals surface area contributed by atoms with Gasteiger partial charge in [0.25, 0.3) is 0 Å². The predicted octanol–water partition coefficient (Wildman–Crippen LogP) is 3.29. The van der Waals surface area contributed by atoms with Gasteiger partial charge in [0.15, 0.2) is 0 Å². The van der Waals surface area contributed by atoms with E-state index < -0.39 is 5.97 Å². The molecule has 2 aromatic rings. The number of carboxylic acids is 1. The Morgan fingerprint density at radius 3 is 2.80 bits per heavy atom. The monoisotopic (exact) mass is 287 g/mol. The maximum absolute atomic E-state index is 11.0. The van der Waals surface area contributed by atoms with Crippen molar-refractivity contribution < 1.29 is 9.90 Å². The number of halogens is 2. The molecule has 15 heavy (non-hydrogen) atoms. The summed E-state index contributed by atoms with van der Waals surface area (Å²) in [4.78, 5) is 11.0. The molecule has 1 aromatic carbocycles. The average Bonchev–Trinajstić information content (AvgIpc) is 2.41. The first-order valence-corrected chi connectivity index (χ1v) is 5.35. The number of fused-ring (bicyclic) bond motifs is 1. The van der Waals surface area contributed by atoms with Gasteiger partial charge in [0.1, 0.15) is 0 Å². The van der Waals surface area contributed by atoms with Gasteiger partial charge in [-0.25, -0.2) is 4.79 Å². The molecular formula is C10H7BrClNO2. The number of aromatic carboxylic acids is 1. The molecule has 0 spiro atoms. The highest BCUT2D eigenvalue weighted by molar-refractivity contribution is 9.10. The standard InChI is InChI=1S/C10H7BrClNO2/c1-13-4-7(12)9-6(10(14)15)2-5(11)3-8(9)13/h2-4H,1H3,(H,14,15). The highest BCUT2D eigenvalue weighted by atomic mass is 79.9. The fraction of sp³-hybridized carbons (Fsp3) is 0.100. The van der Waals surface area contributed by atoms with Crippen molar-refractivity contribution in [2.24, 2.45) is 7.05 Å². The molecule has 0 unspecified atom stereocenters. The van der Waals surface area contributed by atoms with Gasteiger partial charge in [-0.15, -0.1) is 0 Å². The van der Waals surface area contributed by atoms with Gasteiger partial charge < -0.3 is 9.67 Å². The zero-order valence-corrected chi connectivity index (χ0v) is 10.1. The molecule has 1 heterocycles. The van der Waals surface area contributed by atoms with Crippen molar-refractivity contribution in [3.63, 3.8) is 0 Å². The van der Waals surface area contributed by atoms with Crippen molar-refractivity contribution in [2.75, 3.05) is 0 Å². The largest absolute Gasteiger partial charge is 0.478 e. The molecule has 1 N–H and O–H groups in total. The lowest BCUT2D eigenvalue weighted by molar-refractivity contribution is 0.0699. The van der Waals surface area contributed by atoms with Crippen LogP contribution in [0.3, 0.4) is 0 Å². The molecule has 0 atom stereocenters. The number of hydrogen-bond acceptors (Lipinski definition) is 1. The third-order valence-electron chi connectivity index (χ3n) is 2.24. The van der Waals surface area contributed by atoms with Crippen molar-refractivity contribution >= 4 is 44.4 Å².